The Labute approximate surface area is 214 Å². The third-order valence-corrected chi connectivity index (χ3v) is 7.87. The van der Waals surface area contributed by atoms with E-state index in [1.54, 1.807) is 16.9 Å². The molecule has 2 atom stereocenters. The molecule has 182 valence electrons. The number of nitrogens with zero attached hydrogens (tertiary/aromatic N) is 2. The predicted molar refractivity (Wildman–Crippen MR) is 139 cm³/mol. The van der Waals surface area contributed by atoms with Crippen molar-refractivity contribution in [3.8, 4) is 5.75 Å². The Morgan fingerprint density at radius 3 is 2.47 bits per heavy atom. The molecule has 2 aliphatic rings. The Morgan fingerprint density at radius 2 is 1.75 bits per heavy atom. The van der Waals surface area contributed by atoms with Gasteiger partial charge in [0.25, 0.3) is 5.91 Å². The van der Waals surface area contributed by atoms with Gasteiger partial charge in [0.05, 0.1) is 12.8 Å². The summed E-state index contributed by atoms with van der Waals surface area (Å²) in [4.78, 5) is 34.7. The van der Waals surface area contributed by atoms with Gasteiger partial charge in [-0.2, -0.15) is 0 Å². The highest BCUT2D eigenvalue weighted by molar-refractivity contribution is 6.30. The molecule has 0 bridgehead atoms. The molecule has 0 unspecified atom stereocenters. The average Bonchev–Trinajstić information content (AvgIpc) is 3.29. The van der Waals surface area contributed by atoms with Gasteiger partial charge in [0.2, 0.25) is 5.91 Å². The number of aromatic nitrogens is 1. The monoisotopic (exact) mass is 499 g/mol. The van der Waals surface area contributed by atoms with Crippen molar-refractivity contribution in [3.63, 3.8) is 0 Å². The number of H-pyrrole nitrogens is 1. The molecule has 6 rings (SSSR count). The van der Waals surface area contributed by atoms with Crippen LogP contribution in [0.25, 0.3) is 10.9 Å². The van der Waals surface area contributed by atoms with E-state index in [4.69, 9.17) is 16.3 Å². The zero-order valence-electron chi connectivity index (χ0n) is 20.1. The van der Waals surface area contributed by atoms with Crippen molar-refractivity contribution in [2.75, 3.05) is 20.2 Å². The Hall–Kier alpha value is -3.77. The van der Waals surface area contributed by atoms with E-state index in [9.17, 15) is 9.59 Å². The second kappa shape index (κ2) is 8.42. The molecule has 0 radical (unpaired) electrons. The van der Waals surface area contributed by atoms with Crippen LogP contribution in [0.1, 0.15) is 35.2 Å². The number of fused-ring (bicyclic) bond motifs is 5. The highest BCUT2D eigenvalue weighted by atomic mass is 35.5. The van der Waals surface area contributed by atoms with Gasteiger partial charge in [-0.3, -0.25) is 9.59 Å². The number of halogens is 1. The average molecular weight is 500 g/mol. The maximum absolute atomic E-state index is 14.2. The van der Waals surface area contributed by atoms with E-state index in [0.717, 1.165) is 39.0 Å². The summed E-state index contributed by atoms with van der Waals surface area (Å²) in [6.07, 6.45) is 0. The number of hydrogen-bond donors (Lipinski definition) is 1. The summed E-state index contributed by atoms with van der Waals surface area (Å²) in [5.74, 6) is 0.529. The van der Waals surface area contributed by atoms with Crippen LogP contribution in [0, 0.1) is 0 Å². The Bertz CT molecular complexity index is 1480. The first-order chi connectivity index (χ1) is 17.4. The largest absolute Gasteiger partial charge is 0.497 e. The first-order valence-corrected chi connectivity index (χ1v) is 12.4. The van der Waals surface area contributed by atoms with Crippen LogP contribution < -0.4 is 4.74 Å². The lowest BCUT2D eigenvalue weighted by Crippen LogP contribution is -2.67. The van der Waals surface area contributed by atoms with Crippen LogP contribution in [-0.2, 0) is 21.7 Å². The molecule has 6 nitrogen and oxygen atoms in total. The minimum atomic E-state index is -1.13. The summed E-state index contributed by atoms with van der Waals surface area (Å²) < 4.78 is 5.25. The van der Waals surface area contributed by atoms with E-state index in [2.05, 4.69) is 11.1 Å². The molecule has 0 aliphatic carbocycles. The van der Waals surface area contributed by atoms with Crippen molar-refractivity contribution >= 4 is 34.3 Å². The highest BCUT2D eigenvalue weighted by Gasteiger charge is 2.56. The van der Waals surface area contributed by atoms with Crippen LogP contribution in [0.5, 0.6) is 5.75 Å². The maximum Gasteiger partial charge on any atom is 0.255 e. The zero-order chi connectivity index (χ0) is 25.0. The molecule has 2 amide bonds. The van der Waals surface area contributed by atoms with Gasteiger partial charge in [-0.25, -0.2) is 0 Å². The lowest BCUT2D eigenvalue weighted by molar-refractivity contribution is -0.166. The van der Waals surface area contributed by atoms with Gasteiger partial charge in [-0.05, 0) is 53.9 Å². The second-order valence-corrected chi connectivity index (χ2v) is 10.1. The molecule has 4 aromatic rings. The van der Waals surface area contributed by atoms with E-state index in [1.807, 2.05) is 73.7 Å². The Balaban J connectivity index is 1.46. The van der Waals surface area contributed by atoms with Crippen LogP contribution in [0.15, 0.2) is 72.8 Å². The summed E-state index contributed by atoms with van der Waals surface area (Å²) in [5, 5.41) is 1.73. The molecule has 3 heterocycles. The molecule has 0 spiro atoms. The number of carbonyl (C=O) groups is 2. The molecular weight excluding hydrogens is 474 g/mol. The Morgan fingerprint density at radius 1 is 1.03 bits per heavy atom. The summed E-state index contributed by atoms with van der Waals surface area (Å²) in [5.41, 5.74) is 3.69. The Kier molecular flexibility index (Phi) is 5.30. The quantitative estimate of drug-likeness (QED) is 0.427. The van der Waals surface area contributed by atoms with Crippen LogP contribution in [0.2, 0.25) is 5.02 Å². The number of para-hydroxylation sites is 1. The molecule has 1 fully saturated rings. The van der Waals surface area contributed by atoms with Gasteiger partial charge in [0.1, 0.15) is 12.3 Å². The van der Waals surface area contributed by atoms with Crippen molar-refractivity contribution < 1.29 is 14.3 Å². The molecule has 1 saturated heterocycles. The standard InChI is InChI=1S/C29H26ClN3O3/c1-29-27-26(22-5-3-4-6-24(22)31-27)23(19-9-11-20(30)12-10-19)16-33(29)25(34)17-32(28(29)35)15-18-7-13-21(36-2)14-8-18/h3-14,23,31H,15-17H2,1-2H3/t23-,29+/m1/s1. The molecule has 2 aliphatic heterocycles. The molecule has 3 aromatic carbocycles. The first-order valence-electron chi connectivity index (χ1n) is 12.0. The number of hydrogen-bond acceptors (Lipinski definition) is 3. The maximum atomic E-state index is 14.2. The van der Waals surface area contributed by atoms with Crippen LogP contribution in [-0.4, -0.2) is 46.8 Å². The van der Waals surface area contributed by atoms with Crippen LogP contribution in [0.3, 0.4) is 0 Å². The third kappa shape index (κ3) is 3.39. The van der Waals surface area contributed by atoms with E-state index in [-0.39, 0.29) is 24.3 Å². The van der Waals surface area contributed by atoms with Crippen LogP contribution >= 0.6 is 11.6 Å². The van der Waals surface area contributed by atoms with Crippen molar-refractivity contribution in [3.05, 3.63) is 100 Å². The number of ether oxygens (including phenoxy) is 1. The van der Waals surface area contributed by atoms with Crippen molar-refractivity contribution in [2.24, 2.45) is 0 Å². The first kappa shape index (κ1) is 22.7. The van der Waals surface area contributed by atoms with Crippen molar-refractivity contribution in [1.82, 2.24) is 14.8 Å². The number of rotatable bonds is 4. The lowest BCUT2D eigenvalue weighted by Gasteiger charge is -2.51. The lowest BCUT2D eigenvalue weighted by atomic mass is 9.76. The summed E-state index contributed by atoms with van der Waals surface area (Å²) >= 11 is 6.17. The molecular formula is C29H26ClN3O3. The number of amides is 2. The van der Waals surface area contributed by atoms with Gasteiger partial charge < -0.3 is 19.5 Å². The molecule has 0 saturated carbocycles. The minimum Gasteiger partial charge on any atom is -0.497 e. The van der Waals surface area contributed by atoms with E-state index in [1.165, 1.54) is 0 Å². The van der Waals surface area contributed by atoms with E-state index in [0.29, 0.717) is 18.1 Å². The van der Waals surface area contributed by atoms with E-state index >= 15 is 0 Å². The number of nitrogens with one attached hydrogen (secondary N) is 1. The third-order valence-electron chi connectivity index (χ3n) is 7.62. The fraction of sp³-hybridized carbons (Fsp3) is 0.241. The number of carbonyl (C=O) groups excluding carboxylic acids is 2. The summed E-state index contributed by atoms with van der Waals surface area (Å²) in [7, 11) is 1.62. The smallest absolute Gasteiger partial charge is 0.255 e. The highest BCUT2D eigenvalue weighted by Crippen LogP contribution is 2.48. The number of methoxy groups -OCH3 is 1. The topological polar surface area (TPSA) is 65.6 Å². The summed E-state index contributed by atoms with van der Waals surface area (Å²) in [6, 6.07) is 23.4. The van der Waals surface area contributed by atoms with Gasteiger partial charge in [-0.1, -0.05) is 54.1 Å². The molecule has 1 aromatic heterocycles. The fourth-order valence-electron chi connectivity index (χ4n) is 5.75. The number of benzene rings is 3. The van der Waals surface area contributed by atoms with Crippen LogP contribution in [0.4, 0.5) is 0 Å². The van der Waals surface area contributed by atoms with E-state index < -0.39 is 5.54 Å². The van der Waals surface area contributed by atoms with Crippen molar-refractivity contribution in [2.45, 2.75) is 24.9 Å². The molecule has 7 heteroatoms. The summed E-state index contributed by atoms with van der Waals surface area (Å²) in [6.45, 7) is 2.70. The second-order valence-electron chi connectivity index (χ2n) is 9.65. The van der Waals surface area contributed by atoms with Crippen molar-refractivity contribution in [1.29, 1.82) is 0 Å². The fourth-order valence-corrected chi connectivity index (χ4v) is 5.88. The minimum absolute atomic E-state index is 0.0450. The number of aromatic amines is 1. The van der Waals surface area contributed by atoms with Gasteiger partial charge in [0.15, 0.2) is 5.54 Å². The van der Waals surface area contributed by atoms with Gasteiger partial charge in [0, 0.05) is 34.9 Å². The predicted octanol–water partition coefficient (Wildman–Crippen LogP) is 5.06. The molecule has 36 heavy (non-hydrogen) atoms. The SMILES string of the molecule is COc1ccc(CN2CC(=O)N3C[C@H](c4ccc(Cl)cc4)c4c([nH]c5ccccc45)[C@@]3(C)C2=O)cc1. The van der Waals surface area contributed by atoms with Gasteiger partial charge >= 0.3 is 0 Å². The number of piperazine rings is 1. The van der Waals surface area contributed by atoms with Gasteiger partial charge in [-0.15, -0.1) is 0 Å². The normalized spacial score (nSPS) is 21.5. The molecule has 1 N–H and O–H groups in total. The zero-order valence-corrected chi connectivity index (χ0v) is 20.9.